The van der Waals surface area contributed by atoms with E-state index in [-0.39, 0.29) is 11.5 Å². The number of halogens is 1. The van der Waals surface area contributed by atoms with Crippen molar-refractivity contribution in [3.63, 3.8) is 0 Å². The highest BCUT2D eigenvalue weighted by molar-refractivity contribution is 5.64. The summed E-state index contributed by atoms with van der Waals surface area (Å²) in [5.74, 6) is -0.0392. The molecule has 2 rings (SSSR count). The maximum Gasteiger partial charge on any atom is 0.192 e. The van der Waals surface area contributed by atoms with E-state index in [1.165, 1.54) is 6.26 Å². The third-order valence-electron chi connectivity index (χ3n) is 1.86. The molecule has 0 fully saturated rings. The van der Waals surface area contributed by atoms with Gasteiger partial charge in [-0.25, -0.2) is 4.39 Å². The number of rotatable bonds is 1. The molecule has 0 saturated heterocycles. The summed E-state index contributed by atoms with van der Waals surface area (Å²) in [5, 5.41) is 6.06. The zero-order valence-corrected chi connectivity index (χ0v) is 6.97. The van der Waals surface area contributed by atoms with E-state index in [4.69, 9.17) is 10.2 Å². The molecule has 0 aliphatic rings. The van der Waals surface area contributed by atoms with Gasteiger partial charge in [0.15, 0.2) is 11.6 Å². The Morgan fingerprint density at radius 3 is 2.85 bits per heavy atom. The summed E-state index contributed by atoms with van der Waals surface area (Å²) in [5.41, 5.74) is 6.16. The minimum Gasteiger partial charge on any atom is -0.469 e. The molecule has 4 nitrogen and oxygen atoms in total. The fourth-order valence-electron chi connectivity index (χ4n) is 1.17. The van der Waals surface area contributed by atoms with E-state index in [9.17, 15) is 4.39 Å². The van der Waals surface area contributed by atoms with Crippen LogP contribution in [0.2, 0.25) is 0 Å². The molecule has 3 N–H and O–H groups in total. The van der Waals surface area contributed by atoms with Crippen molar-refractivity contribution >= 4 is 5.82 Å². The number of H-pyrrole nitrogens is 1. The molecular formula is C8H8FN3O. The average Bonchev–Trinajstić information content (AvgIpc) is 2.62. The van der Waals surface area contributed by atoms with Crippen molar-refractivity contribution in [2.75, 3.05) is 5.73 Å². The maximum absolute atomic E-state index is 13.2. The number of aryl methyl sites for hydroxylation is 1. The second-order valence-corrected chi connectivity index (χ2v) is 2.69. The Kier molecular flexibility index (Phi) is 1.58. The lowest BCUT2D eigenvalue weighted by molar-refractivity contribution is 0.534. The zero-order chi connectivity index (χ0) is 9.42. The summed E-state index contributed by atoms with van der Waals surface area (Å²) in [6, 6.07) is 1.66. The topological polar surface area (TPSA) is 67.8 Å². The number of anilines is 1. The molecule has 0 atom stereocenters. The number of hydrogen-bond donors (Lipinski definition) is 2. The van der Waals surface area contributed by atoms with Gasteiger partial charge in [-0.3, -0.25) is 5.10 Å². The molecule has 0 aliphatic heterocycles. The van der Waals surface area contributed by atoms with Crippen LogP contribution in [0.25, 0.3) is 11.3 Å². The molecule has 0 spiro atoms. The molecule has 0 bridgehead atoms. The third-order valence-corrected chi connectivity index (χ3v) is 1.86. The lowest BCUT2D eigenvalue weighted by Crippen LogP contribution is -1.87. The van der Waals surface area contributed by atoms with Gasteiger partial charge in [-0.15, -0.1) is 0 Å². The standard InChI is InChI=1S/C8H8FN3O/c1-4-5(2-3-13-4)7-6(9)8(10)12-11-7/h2-3H,1H3,(H3,10,11,12). The molecule has 0 radical (unpaired) electrons. The van der Waals surface area contributed by atoms with Gasteiger partial charge >= 0.3 is 0 Å². The summed E-state index contributed by atoms with van der Waals surface area (Å²) < 4.78 is 18.3. The van der Waals surface area contributed by atoms with E-state index in [0.29, 0.717) is 11.3 Å². The number of furan rings is 1. The van der Waals surface area contributed by atoms with Crippen molar-refractivity contribution in [2.45, 2.75) is 6.92 Å². The average molecular weight is 181 g/mol. The summed E-state index contributed by atoms with van der Waals surface area (Å²) in [6.45, 7) is 1.74. The van der Waals surface area contributed by atoms with Gasteiger partial charge in [0, 0.05) is 5.56 Å². The van der Waals surface area contributed by atoms with Crippen LogP contribution in [-0.4, -0.2) is 10.2 Å². The van der Waals surface area contributed by atoms with Gasteiger partial charge in [-0.2, -0.15) is 5.10 Å². The largest absolute Gasteiger partial charge is 0.469 e. The zero-order valence-electron chi connectivity index (χ0n) is 6.97. The summed E-state index contributed by atoms with van der Waals surface area (Å²) >= 11 is 0. The van der Waals surface area contributed by atoms with E-state index >= 15 is 0 Å². The fraction of sp³-hybridized carbons (Fsp3) is 0.125. The van der Waals surface area contributed by atoms with Crippen LogP contribution >= 0.6 is 0 Å². The number of nitrogens with one attached hydrogen (secondary N) is 1. The van der Waals surface area contributed by atoms with Gasteiger partial charge in [0.25, 0.3) is 0 Å². The minimum absolute atomic E-state index is 0.129. The van der Waals surface area contributed by atoms with Crippen molar-refractivity contribution in [3.05, 3.63) is 23.9 Å². The normalized spacial score (nSPS) is 10.6. The van der Waals surface area contributed by atoms with Crippen LogP contribution in [0.3, 0.4) is 0 Å². The molecule has 13 heavy (non-hydrogen) atoms. The minimum atomic E-state index is -0.537. The highest BCUT2D eigenvalue weighted by Crippen LogP contribution is 2.26. The maximum atomic E-state index is 13.2. The Morgan fingerprint density at radius 2 is 2.38 bits per heavy atom. The van der Waals surface area contributed by atoms with Crippen LogP contribution in [-0.2, 0) is 0 Å². The third kappa shape index (κ3) is 1.09. The SMILES string of the molecule is Cc1occc1-c1[nH]nc(N)c1F. The Bertz CT molecular complexity index is 432. The van der Waals surface area contributed by atoms with Crippen LogP contribution in [0.4, 0.5) is 10.2 Å². The van der Waals surface area contributed by atoms with Gasteiger partial charge < -0.3 is 10.2 Å². The van der Waals surface area contributed by atoms with Gasteiger partial charge in [-0.05, 0) is 13.0 Å². The number of hydrogen-bond acceptors (Lipinski definition) is 3. The van der Waals surface area contributed by atoms with Gasteiger partial charge in [0.2, 0.25) is 0 Å². The van der Waals surface area contributed by atoms with E-state index in [0.717, 1.165) is 0 Å². The number of aromatic nitrogens is 2. The molecule has 0 saturated carbocycles. The fourth-order valence-corrected chi connectivity index (χ4v) is 1.17. The van der Waals surface area contributed by atoms with E-state index in [1.54, 1.807) is 13.0 Å². The number of nitrogens with two attached hydrogens (primary N) is 1. The van der Waals surface area contributed by atoms with Gasteiger partial charge in [0.05, 0.1) is 6.26 Å². The predicted octanol–water partition coefficient (Wildman–Crippen LogP) is 1.70. The molecule has 5 heteroatoms. The van der Waals surface area contributed by atoms with Crippen LogP contribution in [0.5, 0.6) is 0 Å². The van der Waals surface area contributed by atoms with Gasteiger partial charge in [-0.1, -0.05) is 0 Å². The summed E-state index contributed by atoms with van der Waals surface area (Å²) in [7, 11) is 0. The molecule has 68 valence electrons. The predicted molar refractivity (Wildman–Crippen MR) is 45.4 cm³/mol. The number of aromatic amines is 1. The Balaban J connectivity index is 2.59. The Morgan fingerprint density at radius 1 is 1.62 bits per heavy atom. The Hall–Kier alpha value is -1.78. The quantitative estimate of drug-likeness (QED) is 0.703. The molecule has 0 aliphatic carbocycles. The molecule has 2 heterocycles. The molecular weight excluding hydrogens is 173 g/mol. The summed E-state index contributed by atoms with van der Waals surface area (Å²) in [6.07, 6.45) is 1.49. The Labute approximate surface area is 73.6 Å². The van der Waals surface area contributed by atoms with Crippen molar-refractivity contribution in [1.29, 1.82) is 0 Å². The lowest BCUT2D eigenvalue weighted by atomic mass is 10.2. The number of nitrogens with zero attached hydrogens (tertiary/aromatic N) is 1. The van der Waals surface area contributed by atoms with Crippen molar-refractivity contribution in [2.24, 2.45) is 0 Å². The molecule has 2 aromatic rings. The highest BCUT2D eigenvalue weighted by atomic mass is 19.1. The molecule has 2 aromatic heterocycles. The molecule has 0 aromatic carbocycles. The van der Waals surface area contributed by atoms with Crippen LogP contribution in [0.1, 0.15) is 5.76 Å². The van der Waals surface area contributed by atoms with Crippen LogP contribution < -0.4 is 5.73 Å². The van der Waals surface area contributed by atoms with E-state index in [2.05, 4.69) is 10.2 Å². The highest BCUT2D eigenvalue weighted by Gasteiger charge is 2.15. The van der Waals surface area contributed by atoms with Crippen molar-refractivity contribution in [3.8, 4) is 11.3 Å². The molecule has 0 amide bonds. The second kappa shape index (κ2) is 2.62. The van der Waals surface area contributed by atoms with Crippen molar-refractivity contribution < 1.29 is 8.81 Å². The number of nitrogen functional groups attached to an aromatic ring is 1. The van der Waals surface area contributed by atoms with Crippen molar-refractivity contribution in [1.82, 2.24) is 10.2 Å². The second-order valence-electron chi connectivity index (χ2n) is 2.69. The lowest BCUT2D eigenvalue weighted by Gasteiger charge is -1.92. The molecule has 0 unspecified atom stereocenters. The first kappa shape index (κ1) is 7.85. The van der Waals surface area contributed by atoms with Gasteiger partial charge in [0.1, 0.15) is 11.5 Å². The van der Waals surface area contributed by atoms with E-state index < -0.39 is 5.82 Å². The smallest absolute Gasteiger partial charge is 0.192 e. The first-order valence-corrected chi connectivity index (χ1v) is 3.74. The first-order valence-electron chi connectivity index (χ1n) is 3.74. The first-order chi connectivity index (χ1) is 6.20. The van der Waals surface area contributed by atoms with E-state index in [1.807, 2.05) is 0 Å². The van der Waals surface area contributed by atoms with Crippen LogP contribution in [0, 0.1) is 12.7 Å². The monoisotopic (exact) mass is 181 g/mol. The summed E-state index contributed by atoms with van der Waals surface area (Å²) in [4.78, 5) is 0. The van der Waals surface area contributed by atoms with Crippen LogP contribution in [0.15, 0.2) is 16.7 Å².